The van der Waals surface area contributed by atoms with Crippen molar-refractivity contribution in [2.45, 2.75) is 20.3 Å². The molecule has 0 radical (unpaired) electrons. The first-order valence-corrected chi connectivity index (χ1v) is 9.32. The quantitative estimate of drug-likeness (QED) is 0.422. The van der Waals surface area contributed by atoms with E-state index in [0.29, 0.717) is 34.5 Å². The Labute approximate surface area is 166 Å². The van der Waals surface area contributed by atoms with Crippen LogP contribution in [-0.2, 0) is 11.2 Å². The molecule has 5 rings (SSSR count). The largest absolute Gasteiger partial charge is 0.497 e. The molecule has 0 N–H and O–H groups in total. The summed E-state index contributed by atoms with van der Waals surface area (Å²) in [7, 11) is 1.59. The summed E-state index contributed by atoms with van der Waals surface area (Å²) in [5.74, 6) is 0.537. The lowest BCUT2D eigenvalue weighted by Crippen LogP contribution is -2.08. The van der Waals surface area contributed by atoms with Gasteiger partial charge in [0.25, 0.3) is 0 Å². The number of aromatic nitrogens is 2. The Kier molecular flexibility index (Phi) is 3.71. The molecule has 0 saturated carbocycles. The molecule has 0 aliphatic heterocycles. The molecule has 0 amide bonds. The van der Waals surface area contributed by atoms with E-state index in [-0.39, 0.29) is 5.91 Å². The van der Waals surface area contributed by atoms with E-state index in [1.54, 1.807) is 17.7 Å². The zero-order valence-electron chi connectivity index (χ0n) is 16.3. The molecule has 1 aliphatic carbocycles. The van der Waals surface area contributed by atoms with E-state index in [4.69, 9.17) is 14.5 Å². The smallest absolute Gasteiger partial charge is 0.308 e. The van der Waals surface area contributed by atoms with Crippen LogP contribution in [0.4, 0.5) is 0 Å². The Morgan fingerprint density at radius 3 is 2.62 bits per heavy atom. The first kappa shape index (κ1) is 17.4. The number of methoxy groups -OCH3 is 1. The standard InChI is InChI=1S/C23H18N2O4/c1-12(26)25-19-9-8-15(28-3)11-17(19)20-22(29-13(2)27)18-10-14-6-4-5-7-16(14)21(18)24-23(20)25/h4-9,11H,10H2,1-3H3. The summed E-state index contributed by atoms with van der Waals surface area (Å²) in [5.41, 5.74) is 4.91. The van der Waals surface area contributed by atoms with Crippen molar-refractivity contribution in [1.82, 2.24) is 9.55 Å². The fraction of sp³-hybridized carbons (Fsp3) is 0.174. The van der Waals surface area contributed by atoms with Crippen LogP contribution < -0.4 is 9.47 Å². The minimum Gasteiger partial charge on any atom is -0.497 e. The van der Waals surface area contributed by atoms with Crippen LogP contribution in [0.1, 0.15) is 29.8 Å². The lowest BCUT2D eigenvalue weighted by Gasteiger charge is -2.10. The maximum absolute atomic E-state index is 12.6. The van der Waals surface area contributed by atoms with Crippen molar-refractivity contribution in [1.29, 1.82) is 0 Å². The predicted molar refractivity (Wildman–Crippen MR) is 110 cm³/mol. The molecule has 0 unspecified atom stereocenters. The van der Waals surface area contributed by atoms with Crippen molar-refractivity contribution in [3.8, 4) is 22.8 Å². The molecule has 29 heavy (non-hydrogen) atoms. The third-order valence-corrected chi connectivity index (χ3v) is 5.35. The number of hydrogen-bond donors (Lipinski definition) is 0. The Bertz CT molecular complexity index is 1350. The lowest BCUT2D eigenvalue weighted by molar-refractivity contribution is -0.131. The SMILES string of the molecule is COc1ccc2c(c1)c1c(OC(C)=O)c3c(nc1n2C(C)=O)-c1ccccc1C3. The molecule has 0 saturated heterocycles. The van der Waals surface area contributed by atoms with Crippen molar-refractivity contribution < 1.29 is 19.1 Å². The summed E-state index contributed by atoms with van der Waals surface area (Å²) >= 11 is 0. The summed E-state index contributed by atoms with van der Waals surface area (Å²) in [5, 5.41) is 1.41. The topological polar surface area (TPSA) is 70.4 Å². The summed E-state index contributed by atoms with van der Waals surface area (Å²) in [4.78, 5) is 29.4. The zero-order valence-corrected chi connectivity index (χ0v) is 16.3. The van der Waals surface area contributed by atoms with Crippen LogP contribution in [0, 0.1) is 0 Å². The summed E-state index contributed by atoms with van der Waals surface area (Å²) in [6, 6.07) is 13.5. The van der Waals surface area contributed by atoms with Gasteiger partial charge in [0.2, 0.25) is 5.91 Å². The highest BCUT2D eigenvalue weighted by Gasteiger charge is 2.30. The van der Waals surface area contributed by atoms with Crippen molar-refractivity contribution in [3.63, 3.8) is 0 Å². The molecule has 1 aliphatic rings. The fourth-order valence-corrected chi connectivity index (χ4v) is 4.20. The number of fused-ring (bicyclic) bond motifs is 6. The molecule has 2 aromatic heterocycles. The van der Waals surface area contributed by atoms with Crippen LogP contribution in [0.25, 0.3) is 33.2 Å². The second-order valence-corrected chi connectivity index (χ2v) is 7.13. The number of benzene rings is 2. The van der Waals surface area contributed by atoms with Gasteiger partial charge < -0.3 is 9.47 Å². The minimum atomic E-state index is -0.415. The molecule has 6 nitrogen and oxygen atoms in total. The first-order chi connectivity index (χ1) is 14.0. The van der Waals surface area contributed by atoms with E-state index < -0.39 is 5.97 Å². The number of rotatable bonds is 2. The lowest BCUT2D eigenvalue weighted by atomic mass is 10.1. The Hall–Kier alpha value is -3.67. The fourth-order valence-electron chi connectivity index (χ4n) is 4.20. The molecule has 0 bridgehead atoms. The minimum absolute atomic E-state index is 0.164. The molecule has 0 spiro atoms. The third-order valence-electron chi connectivity index (χ3n) is 5.35. The number of esters is 1. The molecular formula is C23H18N2O4. The van der Waals surface area contributed by atoms with Crippen LogP contribution in [0.3, 0.4) is 0 Å². The molecule has 0 fully saturated rings. The van der Waals surface area contributed by atoms with Gasteiger partial charge in [0.05, 0.1) is 23.7 Å². The Balaban J connectivity index is 1.99. The average molecular weight is 386 g/mol. The van der Waals surface area contributed by atoms with Crippen LogP contribution in [0.5, 0.6) is 11.5 Å². The van der Waals surface area contributed by atoms with Crippen molar-refractivity contribution >= 4 is 33.8 Å². The molecule has 0 atom stereocenters. The van der Waals surface area contributed by atoms with Crippen LogP contribution in [0.2, 0.25) is 0 Å². The molecule has 6 heteroatoms. The van der Waals surface area contributed by atoms with E-state index in [0.717, 1.165) is 27.8 Å². The van der Waals surface area contributed by atoms with Crippen LogP contribution in [0.15, 0.2) is 42.5 Å². The van der Waals surface area contributed by atoms with E-state index in [1.807, 2.05) is 36.4 Å². The van der Waals surface area contributed by atoms with Gasteiger partial charge in [0.15, 0.2) is 5.65 Å². The van der Waals surface area contributed by atoms with Gasteiger partial charge in [0, 0.05) is 36.8 Å². The van der Waals surface area contributed by atoms with Crippen molar-refractivity contribution in [3.05, 3.63) is 53.6 Å². The number of ether oxygens (including phenoxy) is 2. The van der Waals surface area contributed by atoms with Gasteiger partial charge in [-0.2, -0.15) is 0 Å². The van der Waals surface area contributed by atoms with Gasteiger partial charge in [-0.15, -0.1) is 0 Å². The highest BCUT2D eigenvalue weighted by atomic mass is 16.5. The normalized spacial score (nSPS) is 12.1. The molecule has 144 valence electrons. The van der Waals surface area contributed by atoms with Gasteiger partial charge in [-0.1, -0.05) is 24.3 Å². The van der Waals surface area contributed by atoms with Crippen molar-refractivity contribution in [2.75, 3.05) is 7.11 Å². The van der Waals surface area contributed by atoms with Crippen LogP contribution >= 0.6 is 0 Å². The third kappa shape index (κ3) is 2.45. The van der Waals surface area contributed by atoms with E-state index in [9.17, 15) is 9.59 Å². The molecular weight excluding hydrogens is 368 g/mol. The van der Waals surface area contributed by atoms with Gasteiger partial charge in [-0.3, -0.25) is 14.2 Å². The molecule has 2 aromatic carbocycles. The van der Waals surface area contributed by atoms with Gasteiger partial charge in [0.1, 0.15) is 11.5 Å². The zero-order chi connectivity index (χ0) is 20.3. The summed E-state index contributed by atoms with van der Waals surface area (Å²) in [6.45, 7) is 2.88. The van der Waals surface area contributed by atoms with Gasteiger partial charge >= 0.3 is 5.97 Å². The predicted octanol–water partition coefficient (Wildman–Crippen LogP) is 4.35. The number of carbonyl (C=O) groups excluding carboxylic acids is 2. The Morgan fingerprint density at radius 2 is 1.90 bits per heavy atom. The van der Waals surface area contributed by atoms with Gasteiger partial charge in [-0.25, -0.2) is 4.98 Å². The summed E-state index contributed by atoms with van der Waals surface area (Å²) in [6.07, 6.45) is 0.619. The molecule has 2 heterocycles. The van der Waals surface area contributed by atoms with Crippen LogP contribution in [-0.4, -0.2) is 28.5 Å². The maximum Gasteiger partial charge on any atom is 0.308 e. The number of nitrogens with zero attached hydrogens (tertiary/aromatic N) is 2. The van der Waals surface area contributed by atoms with E-state index >= 15 is 0 Å². The average Bonchev–Trinajstić information content (AvgIpc) is 3.22. The number of hydrogen-bond acceptors (Lipinski definition) is 5. The highest BCUT2D eigenvalue weighted by molar-refractivity contribution is 6.16. The van der Waals surface area contributed by atoms with E-state index in [1.165, 1.54) is 13.8 Å². The summed E-state index contributed by atoms with van der Waals surface area (Å²) < 4.78 is 12.7. The Morgan fingerprint density at radius 1 is 1.10 bits per heavy atom. The second-order valence-electron chi connectivity index (χ2n) is 7.13. The highest BCUT2D eigenvalue weighted by Crippen LogP contribution is 2.46. The second kappa shape index (κ2) is 6.17. The van der Waals surface area contributed by atoms with Crippen molar-refractivity contribution in [2.24, 2.45) is 0 Å². The number of carbonyl (C=O) groups is 2. The molecule has 4 aromatic rings. The monoisotopic (exact) mass is 386 g/mol. The van der Waals surface area contributed by atoms with Gasteiger partial charge in [-0.05, 0) is 23.8 Å². The number of pyridine rings is 1. The maximum atomic E-state index is 12.6. The van der Waals surface area contributed by atoms with E-state index in [2.05, 4.69) is 0 Å². The first-order valence-electron chi connectivity index (χ1n) is 9.32.